The molecule has 7 rings (SSSR count). The average molecular weight is 534 g/mol. The van der Waals surface area contributed by atoms with Crippen molar-refractivity contribution >= 4 is 21.9 Å². The molecule has 0 aliphatic rings. The second-order valence-corrected chi connectivity index (χ2v) is 11.4. The molecule has 0 atom stereocenters. The lowest BCUT2D eigenvalue weighted by atomic mass is 9.82. The van der Waals surface area contributed by atoms with Crippen LogP contribution < -0.4 is 0 Å². The zero-order valence-electron chi connectivity index (χ0n) is 23.7. The van der Waals surface area contributed by atoms with Gasteiger partial charge in [-0.1, -0.05) is 90.5 Å². The summed E-state index contributed by atoms with van der Waals surface area (Å²) in [5.41, 5.74) is 9.27. The first-order valence-electron chi connectivity index (χ1n) is 14.0. The topological polar surface area (TPSA) is 43.9 Å². The fourth-order valence-electron chi connectivity index (χ4n) is 5.79. The molecule has 0 spiro atoms. The van der Waals surface area contributed by atoms with E-state index in [1.807, 2.05) is 12.1 Å². The van der Waals surface area contributed by atoms with Gasteiger partial charge in [0.1, 0.15) is 17.0 Å². The predicted molar refractivity (Wildman–Crippen MR) is 168 cm³/mol. The summed E-state index contributed by atoms with van der Waals surface area (Å²) in [5, 5.41) is 12.0. The van der Waals surface area contributed by atoms with E-state index in [0.29, 0.717) is 0 Å². The van der Waals surface area contributed by atoms with Gasteiger partial charge in [0.05, 0.1) is 11.1 Å². The van der Waals surface area contributed by atoms with Crippen molar-refractivity contribution in [2.75, 3.05) is 0 Å². The van der Waals surface area contributed by atoms with E-state index in [4.69, 9.17) is 14.6 Å². The number of para-hydroxylation sites is 1. The van der Waals surface area contributed by atoms with Crippen molar-refractivity contribution in [3.8, 4) is 28.2 Å². The number of aromatic nitrogens is 3. The van der Waals surface area contributed by atoms with Crippen LogP contribution >= 0.6 is 0 Å². The van der Waals surface area contributed by atoms with Crippen LogP contribution in [0.1, 0.15) is 36.4 Å². The molecule has 2 aromatic heterocycles. The molecule has 0 bridgehead atoms. The number of furan rings is 1. The van der Waals surface area contributed by atoms with Crippen LogP contribution in [0, 0.1) is 13.8 Å². The minimum Gasteiger partial charge on any atom is -0.456 e. The SMILES string of the molecule is Cc1cccc(-c2nnc(C(C)(C)c3ccc4oc5ccccc5c4c3)n2-c2cc(-c3ccccc3)ccc2C)c1. The van der Waals surface area contributed by atoms with Crippen molar-refractivity contribution in [3.63, 3.8) is 0 Å². The van der Waals surface area contributed by atoms with Crippen molar-refractivity contribution in [1.82, 2.24) is 14.8 Å². The molecule has 0 saturated carbocycles. The molecule has 7 aromatic rings. The van der Waals surface area contributed by atoms with Gasteiger partial charge in [-0.25, -0.2) is 0 Å². The van der Waals surface area contributed by atoms with Crippen molar-refractivity contribution in [1.29, 1.82) is 0 Å². The van der Waals surface area contributed by atoms with Crippen LogP contribution in [0.25, 0.3) is 50.1 Å². The highest BCUT2D eigenvalue weighted by molar-refractivity contribution is 6.05. The third-order valence-electron chi connectivity index (χ3n) is 8.15. The van der Waals surface area contributed by atoms with Gasteiger partial charge in [-0.2, -0.15) is 0 Å². The summed E-state index contributed by atoms with van der Waals surface area (Å²) >= 11 is 0. The van der Waals surface area contributed by atoms with E-state index in [2.05, 4.69) is 135 Å². The average Bonchev–Trinajstić information content (AvgIpc) is 3.60. The molecule has 0 fully saturated rings. The summed E-state index contributed by atoms with van der Waals surface area (Å²) in [5.74, 6) is 1.72. The van der Waals surface area contributed by atoms with Crippen molar-refractivity contribution in [2.24, 2.45) is 0 Å². The fraction of sp³-hybridized carbons (Fsp3) is 0.135. The number of fused-ring (bicyclic) bond motifs is 3. The number of hydrogen-bond donors (Lipinski definition) is 0. The summed E-state index contributed by atoms with van der Waals surface area (Å²) in [4.78, 5) is 0. The lowest BCUT2D eigenvalue weighted by Crippen LogP contribution is -2.24. The molecule has 4 heteroatoms. The molecule has 4 nitrogen and oxygen atoms in total. The van der Waals surface area contributed by atoms with Crippen LogP contribution in [-0.4, -0.2) is 14.8 Å². The van der Waals surface area contributed by atoms with Crippen LogP contribution in [0.5, 0.6) is 0 Å². The number of benzene rings is 5. The predicted octanol–water partition coefficient (Wildman–Crippen LogP) is 9.44. The summed E-state index contributed by atoms with van der Waals surface area (Å²) in [7, 11) is 0. The van der Waals surface area contributed by atoms with Crippen LogP contribution in [0.15, 0.2) is 120 Å². The first-order chi connectivity index (χ1) is 19.9. The van der Waals surface area contributed by atoms with Crippen LogP contribution in [0.4, 0.5) is 0 Å². The molecule has 0 unspecified atom stereocenters. The standard InChI is InChI=1S/C37H31N3O/c1-24-11-10-14-28(21-24)35-38-39-36(40(35)32-22-27(18-17-25(32)2)26-12-6-5-7-13-26)37(3,4)29-19-20-34-31(23-29)30-15-8-9-16-33(30)41-34/h5-23H,1-4H3. The Morgan fingerprint density at radius 1 is 0.610 bits per heavy atom. The van der Waals surface area contributed by atoms with Crippen molar-refractivity contribution in [3.05, 3.63) is 138 Å². The van der Waals surface area contributed by atoms with Crippen LogP contribution in [-0.2, 0) is 5.41 Å². The summed E-state index contributed by atoms with van der Waals surface area (Å²) in [6.45, 7) is 8.73. The Kier molecular flexibility index (Phi) is 5.86. The Balaban J connectivity index is 1.46. The number of rotatable bonds is 5. The molecule has 0 N–H and O–H groups in total. The van der Waals surface area contributed by atoms with Gasteiger partial charge >= 0.3 is 0 Å². The highest BCUT2D eigenvalue weighted by atomic mass is 16.3. The smallest absolute Gasteiger partial charge is 0.168 e. The normalized spacial score (nSPS) is 11.9. The van der Waals surface area contributed by atoms with Gasteiger partial charge in [0.2, 0.25) is 0 Å². The maximum absolute atomic E-state index is 6.13. The van der Waals surface area contributed by atoms with E-state index in [0.717, 1.165) is 61.5 Å². The van der Waals surface area contributed by atoms with Crippen LogP contribution in [0.2, 0.25) is 0 Å². The van der Waals surface area contributed by atoms with Crippen molar-refractivity contribution in [2.45, 2.75) is 33.1 Å². The van der Waals surface area contributed by atoms with Gasteiger partial charge in [0, 0.05) is 16.3 Å². The molecule has 41 heavy (non-hydrogen) atoms. The Labute approximate surface area is 239 Å². The van der Waals surface area contributed by atoms with Gasteiger partial charge in [-0.05, 0) is 80.3 Å². The first-order valence-corrected chi connectivity index (χ1v) is 14.0. The van der Waals surface area contributed by atoms with E-state index in [-0.39, 0.29) is 0 Å². The summed E-state index contributed by atoms with van der Waals surface area (Å²) in [6.07, 6.45) is 0. The quantitative estimate of drug-likeness (QED) is 0.221. The third-order valence-corrected chi connectivity index (χ3v) is 8.15. The maximum Gasteiger partial charge on any atom is 0.168 e. The number of aryl methyl sites for hydroxylation is 2. The second kappa shape index (κ2) is 9.60. The molecule has 0 saturated heterocycles. The molecule has 0 radical (unpaired) electrons. The molecule has 0 aliphatic heterocycles. The van der Waals surface area contributed by atoms with E-state index in [1.165, 1.54) is 11.1 Å². The largest absolute Gasteiger partial charge is 0.456 e. The summed E-state index contributed by atoms with van der Waals surface area (Å²) < 4.78 is 8.39. The van der Waals surface area contributed by atoms with E-state index in [9.17, 15) is 0 Å². The molecule has 0 amide bonds. The zero-order chi connectivity index (χ0) is 28.1. The van der Waals surface area contributed by atoms with E-state index < -0.39 is 5.41 Å². The third kappa shape index (κ3) is 4.23. The first kappa shape index (κ1) is 25.0. The van der Waals surface area contributed by atoms with E-state index in [1.54, 1.807) is 0 Å². The van der Waals surface area contributed by atoms with Crippen LogP contribution in [0.3, 0.4) is 0 Å². The Bertz CT molecular complexity index is 2050. The minimum atomic E-state index is -0.461. The molecular weight excluding hydrogens is 502 g/mol. The fourth-order valence-corrected chi connectivity index (χ4v) is 5.79. The monoisotopic (exact) mass is 533 g/mol. The molecule has 200 valence electrons. The van der Waals surface area contributed by atoms with Gasteiger partial charge in [-0.15, -0.1) is 10.2 Å². The maximum atomic E-state index is 6.13. The van der Waals surface area contributed by atoms with Gasteiger partial charge in [0.25, 0.3) is 0 Å². The lowest BCUT2D eigenvalue weighted by Gasteiger charge is -2.26. The Morgan fingerprint density at radius 2 is 1.37 bits per heavy atom. The highest BCUT2D eigenvalue weighted by Crippen LogP contribution is 2.39. The Hall–Kier alpha value is -4.96. The zero-order valence-corrected chi connectivity index (χ0v) is 23.7. The minimum absolute atomic E-state index is 0.461. The number of hydrogen-bond acceptors (Lipinski definition) is 3. The van der Waals surface area contributed by atoms with Gasteiger partial charge in [-0.3, -0.25) is 4.57 Å². The molecule has 2 heterocycles. The second-order valence-electron chi connectivity index (χ2n) is 11.4. The Morgan fingerprint density at radius 3 is 2.20 bits per heavy atom. The van der Waals surface area contributed by atoms with Gasteiger partial charge in [0.15, 0.2) is 5.82 Å². The number of nitrogens with zero attached hydrogens (tertiary/aromatic N) is 3. The van der Waals surface area contributed by atoms with Crippen molar-refractivity contribution < 1.29 is 4.42 Å². The molecular formula is C37H31N3O. The highest BCUT2D eigenvalue weighted by Gasteiger charge is 2.33. The molecule has 0 aliphatic carbocycles. The summed E-state index contributed by atoms with van der Waals surface area (Å²) in [6, 6.07) is 40.3. The molecule has 5 aromatic carbocycles. The van der Waals surface area contributed by atoms with E-state index >= 15 is 0 Å². The lowest BCUT2D eigenvalue weighted by molar-refractivity contribution is 0.576. The van der Waals surface area contributed by atoms with Gasteiger partial charge < -0.3 is 4.42 Å².